The number of benzene rings is 1. The highest BCUT2D eigenvalue weighted by Crippen LogP contribution is 2.59. The van der Waals surface area contributed by atoms with Gasteiger partial charge in [0.1, 0.15) is 6.61 Å². The van der Waals surface area contributed by atoms with E-state index in [1.165, 1.54) is 375 Å². The Bertz CT molecular complexity index is 5110. The third-order valence-corrected chi connectivity index (χ3v) is 42.5. The van der Waals surface area contributed by atoms with Crippen LogP contribution in [0.3, 0.4) is 0 Å². The monoisotopic (exact) mass is 2000 g/mol. The van der Waals surface area contributed by atoms with Crippen LogP contribution in [0.25, 0.3) is 142 Å². The Morgan fingerprint density at radius 1 is 0.221 bits per heavy atom. The summed E-state index contributed by atoms with van der Waals surface area (Å²) in [5, 5.41) is 0. The average molecular weight is 2000 g/mol. The number of esters is 1. The van der Waals surface area contributed by atoms with Crippen molar-refractivity contribution in [2.45, 2.75) is 326 Å². The van der Waals surface area contributed by atoms with Gasteiger partial charge in [0.25, 0.3) is 0 Å². The summed E-state index contributed by atoms with van der Waals surface area (Å²) in [6.07, 6.45) is 49.2. The molecular formula is C115H136O2S14. The van der Waals surface area contributed by atoms with Crippen LogP contribution in [0.5, 0.6) is 0 Å². The maximum Gasteiger partial charge on any atom is 0.333 e. The van der Waals surface area contributed by atoms with E-state index >= 15 is 0 Å². The summed E-state index contributed by atoms with van der Waals surface area (Å²) < 4.78 is 6.36. The number of aryl methyl sites for hydroxylation is 8. The molecule has 0 saturated carbocycles. The Kier molecular flexibility index (Phi) is 38.9. The highest BCUT2D eigenvalue weighted by atomic mass is 32.2. The molecule has 16 heteroatoms. The lowest BCUT2D eigenvalue weighted by atomic mass is 10.0. The number of hydrogen-bond donors (Lipinski definition) is 0. The van der Waals surface area contributed by atoms with E-state index in [4.69, 9.17) is 4.74 Å². The van der Waals surface area contributed by atoms with Crippen LogP contribution >= 0.6 is 159 Å². The number of ether oxygens (including phenoxy) is 1. The number of hydrogen-bond acceptors (Lipinski definition) is 16. The van der Waals surface area contributed by atoms with E-state index in [0.29, 0.717) is 5.57 Å². The van der Waals surface area contributed by atoms with Gasteiger partial charge in [-0.15, -0.1) is 159 Å². The second kappa shape index (κ2) is 51.1. The van der Waals surface area contributed by atoms with Gasteiger partial charge in [-0.3, -0.25) is 0 Å². The molecule has 0 aliphatic heterocycles. The zero-order chi connectivity index (χ0) is 90.8. The third-order valence-electron chi connectivity index (χ3n) is 25.1. The van der Waals surface area contributed by atoms with Crippen LogP contribution in [0.4, 0.5) is 0 Å². The Balaban J connectivity index is 0.942. The molecule has 0 aliphatic rings. The summed E-state index contributed by atoms with van der Waals surface area (Å²) in [7, 11) is 0. The standard InChI is InChI=1S/C115H136O2S14/c1-11-19-27-35-43-81-51-59-95(118-81)89-72-105(128-109(89)99-63-55-85(122-99)47-39-31-23-15-5)93-70-103(126-113(93)107-74-91(97-61-53-83(120-97)45-37-29-21-13-3)111(130-107)101-65-57-87(124-101)49-41-33-25-17-7)79-67-78(76-117-115(116)77(9)10)68-80(69-79)104-71-94(106-73-90(96-60-52-82(119-96)44-36-28-20-12-2)110(129-106)100-64-56-86(123-100)48-40-32-24-16-6)114(127-104)108-75-92(98-62-54-84(121-98)46-38-30-22-14-4)112(131-108)102-66-58-88(125-102)50-42-34-26-18-8/h51-75H,9,11-50,76H2,1-8,10H3. The van der Waals surface area contributed by atoms with Gasteiger partial charge in [-0.25, -0.2) is 4.79 Å². The smallest absolute Gasteiger partial charge is 0.333 e. The Morgan fingerprint density at radius 2 is 0.420 bits per heavy atom. The molecule has 0 bridgehead atoms. The van der Waals surface area contributed by atoms with Crippen molar-refractivity contribution in [1.29, 1.82) is 0 Å². The van der Waals surface area contributed by atoms with Crippen LogP contribution in [0.1, 0.15) is 312 Å². The second-order valence-electron chi connectivity index (χ2n) is 36.0. The summed E-state index contributed by atoms with van der Waals surface area (Å²) >= 11 is 28.0. The van der Waals surface area contributed by atoms with Gasteiger partial charge in [0.05, 0.1) is 29.3 Å². The summed E-state index contributed by atoms with van der Waals surface area (Å²) in [6, 6.07) is 61.8. The lowest BCUT2D eigenvalue weighted by molar-refractivity contribution is -0.140. The molecule has 0 N–H and O–H groups in total. The third kappa shape index (κ3) is 26.8. The average Bonchev–Trinajstić information content (AvgIpc) is 1.59. The first-order valence-corrected chi connectivity index (χ1v) is 61.3. The van der Waals surface area contributed by atoms with Crippen LogP contribution in [0, 0.1) is 0 Å². The van der Waals surface area contributed by atoms with E-state index in [1.807, 2.05) is 159 Å². The Morgan fingerprint density at radius 3 is 0.664 bits per heavy atom. The lowest BCUT2D eigenvalue weighted by Crippen LogP contribution is -2.05. The second-order valence-corrected chi connectivity index (χ2v) is 51.7. The zero-order valence-electron chi connectivity index (χ0n) is 79.2. The van der Waals surface area contributed by atoms with Crippen molar-refractivity contribution < 1.29 is 9.53 Å². The molecule has 0 saturated heterocycles. The Hall–Kier alpha value is -5.77. The fourth-order valence-corrected chi connectivity index (χ4v) is 34.3. The predicted octanol–water partition coefficient (Wildman–Crippen LogP) is 43.5. The minimum atomic E-state index is -0.375. The van der Waals surface area contributed by atoms with E-state index in [0.717, 1.165) is 68.1 Å². The minimum Gasteiger partial charge on any atom is -0.457 e. The van der Waals surface area contributed by atoms with Crippen molar-refractivity contribution in [1.82, 2.24) is 0 Å². The summed E-state index contributed by atoms with van der Waals surface area (Å²) in [4.78, 5) is 52.5. The molecule has 0 spiro atoms. The molecule has 1 aromatic carbocycles. The summed E-state index contributed by atoms with van der Waals surface area (Å²) in [5.41, 5.74) is 11.6. The van der Waals surface area contributed by atoms with Crippen molar-refractivity contribution in [2.75, 3.05) is 0 Å². The van der Waals surface area contributed by atoms with E-state index in [9.17, 15) is 4.79 Å². The molecule has 0 atom stereocenters. The van der Waals surface area contributed by atoms with E-state index in [2.05, 4.69) is 214 Å². The van der Waals surface area contributed by atoms with E-state index in [-0.39, 0.29) is 12.6 Å². The molecular weight excluding hydrogens is 1860 g/mol. The SMILES string of the molecule is C=C(C)C(=O)OCc1cc(-c2cc(-c3cc(-c4ccc(CCCCCC)s4)c(-c4ccc(CCCCCC)s4)s3)c(-c3cc(-c4ccc(CCCCCC)s4)c(-c4ccc(CCCCCC)s4)s3)s2)cc(-c2cc(-c3cc(-c4ccc(CCCCCC)s4)c(-c4ccc(CCCCCC)s4)s3)c(-c3cc(-c4ccc(CCCCCC)s4)c(-c4ccc(CCCCCC)s4)s3)s2)c1. The molecule has 0 aliphatic carbocycles. The molecule has 14 heterocycles. The number of carbonyl (C=O) groups excluding carboxylic acids is 1. The molecule has 0 unspecified atom stereocenters. The number of rotatable bonds is 57. The Labute approximate surface area is 841 Å². The molecule has 0 amide bonds. The minimum absolute atomic E-state index is 0.116. The quantitative estimate of drug-likeness (QED) is 0.0216. The molecule has 15 rings (SSSR count). The highest BCUT2D eigenvalue weighted by molar-refractivity contribution is 7.31. The van der Waals surface area contributed by atoms with E-state index in [1.54, 1.807) is 6.92 Å². The van der Waals surface area contributed by atoms with Crippen LogP contribution in [-0.2, 0) is 67.5 Å². The molecule has 14 aromatic heterocycles. The van der Waals surface area contributed by atoms with Gasteiger partial charge in [0, 0.05) is 146 Å². The lowest BCUT2D eigenvalue weighted by Gasteiger charge is -2.09. The maximum atomic E-state index is 14.0. The first-order chi connectivity index (χ1) is 64.3. The maximum absolute atomic E-state index is 14.0. The molecule has 0 fully saturated rings. The molecule has 131 heavy (non-hydrogen) atoms. The normalized spacial score (nSPS) is 11.8. The van der Waals surface area contributed by atoms with Gasteiger partial charge >= 0.3 is 5.97 Å². The van der Waals surface area contributed by atoms with Crippen molar-refractivity contribution in [3.63, 3.8) is 0 Å². The van der Waals surface area contributed by atoms with Gasteiger partial charge in [-0.1, -0.05) is 216 Å². The molecule has 0 radical (unpaired) electrons. The summed E-state index contributed by atoms with van der Waals surface area (Å²) in [5.74, 6) is -0.375. The first kappa shape index (κ1) is 99.7. The van der Waals surface area contributed by atoms with Crippen LogP contribution < -0.4 is 0 Å². The zero-order valence-corrected chi connectivity index (χ0v) is 90.6. The number of carbonyl (C=O) groups is 1. The van der Waals surface area contributed by atoms with Crippen LogP contribution in [0.2, 0.25) is 0 Å². The van der Waals surface area contributed by atoms with Gasteiger partial charge < -0.3 is 4.74 Å². The predicted molar refractivity (Wildman–Crippen MR) is 600 cm³/mol. The van der Waals surface area contributed by atoms with Crippen LogP contribution in [0.15, 0.2) is 164 Å². The number of unbranched alkanes of at least 4 members (excludes halogenated alkanes) is 24. The van der Waals surface area contributed by atoms with E-state index < -0.39 is 0 Å². The van der Waals surface area contributed by atoms with Gasteiger partial charge in [0.2, 0.25) is 0 Å². The summed E-state index contributed by atoms with van der Waals surface area (Å²) in [6.45, 7) is 24.6. The fourth-order valence-electron chi connectivity index (χ4n) is 17.6. The van der Waals surface area contributed by atoms with Crippen molar-refractivity contribution >= 4 is 165 Å². The van der Waals surface area contributed by atoms with Crippen molar-refractivity contribution in [3.8, 4) is 142 Å². The van der Waals surface area contributed by atoms with Crippen molar-refractivity contribution in [2.24, 2.45) is 0 Å². The fraction of sp³-hybridized carbons (Fsp3) is 0.435. The van der Waals surface area contributed by atoms with Crippen LogP contribution in [-0.4, -0.2) is 5.97 Å². The molecule has 15 aromatic rings. The topological polar surface area (TPSA) is 26.3 Å². The van der Waals surface area contributed by atoms with Gasteiger partial charge in [-0.05, 0) is 278 Å². The van der Waals surface area contributed by atoms with Gasteiger partial charge in [-0.2, -0.15) is 0 Å². The van der Waals surface area contributed by atoms with Gasteiger partial charge in [0.15, 0.2) is 0 Å². The van der Waals surface area contributed by atoms with Crippen molar-refractivity contribution in [3.05, 3.63) is 208 Å². The molecule has 692 valence electrons. The first-order valence-electron chi connectivity index (χ1n) is 49.8. The highest BCUT2D eigenvalue weighted by Gasteiger charge is 2.30. The largest absolute Gasteiger partial charge is 0.457 e. The number of thiophene rings is 14. The molecule has 2 nitrogen and oxygen atoms in total.